The van der Waals surface area contributed by atoms with Gasteiger partial charge in [-0.15, -0.1) is 0 Å². The fourth-order valence-electron chi connectivity index (χ4n) is 4.20. The number of fused-ring (bicyclic) bond motifs is 1. The Hall–Kier alpha value is -2.70. The molecule has 1 saturated heterocycles. The molecule has 0 spiro atoms. The molecular formula is C21H24N4O6S2. The standard InChI is InChI=1S/C21H24N4O6S2/c1-3-6-31-20(28)13-10(11-5-4-7-30-11)9-32-18-14(13)17(26)16(18)24-19(27)15(25-29-2)12-8-23-21(22)33-12/h3,8,10-11,16,18H,1,4-7,9H2,2H3,(H2,22,23)(H,24,27)/t10?,11-,16+,18-/m0/s1. The van der Waals surface area contributed by atoms with Gasteiger partial charge in [0.2, 0.25) is 0 Å². The Morgan fingerprint density at radius 3 is 2.94 bits per heavy atom. The number of nitrogens with one attached hydrogen (secondary N) is 1. The lowest BCUT2D eigenvalue weighted by atomic mass is 9.75. The Labute approximate surface area is 198 Å². The van der Waals surface area contributed by atoms with Crippen LogP contribution in [-0.2, 0) is 28.7 Å². The summed E-state index contributed by atoms with van der Waals surface area (Å²) in [7, 11) is 1.32. The number of Topliss-reactive ketones (excluding diaryl/α,β-unsaturated/α-hetero) is 1. The van der Waals surface area contributed by atoms with Gasteiger partial charge < -0.3 is 25.4 Å². The lowest BCUT2D eigenvalue weighted by Crippen LogP contribution is -2.62. The minimum atomic E-state index is -0.794. The van der Waals surface area contributed by atoms with Gasteiger partial charge in [0.05, 0.1) is 21.8 Å². The van der Waals surface area contributed by atoms with Crippen molar-refractivity contribution < 1.29 is 28.7 Å². The second-order valence-electron chi connectivity index (χ2n) is 7.63. The van der Waals surface area contributed by atoms with Crippen LogP contribution in [0, 0.1) is 5.92 Å². The first-order valence-corrected chi connectivity index (χ1v) is 12.3. The van der Waals surface area contributed by atoms with Gasteiger partial charge in [-0.05, 0) is 12.8 Å². The summed E-state index contributed by atoms with van der Waals surface area (Å²) in [6.45, 7) is 4.26. The van der Waals surface area contributed by atoms with Gasteiger partial charge in [0, 0.05) is 30.0 Å². The van der Waals surface area contributed by atoms with Crippen molar-refractivity contribution in [2.75, 3.05) is 31.8 Å². The van der Waals surface area contributed by atoms with Gasteiger partial charge in [0.15, 0.2) is 16.6 Å². The van der Waals surface area contributed by atoms with Gasteiger partial charge in [0.1, 0.15) is 19.8 Å². The lowest BCUT2D eigenvalue weighted by molar-refractivity contribution is -0.139. The number of thiazole rings is 1. The predicted octanol–water partition coefficient (Wildman–Crippen LogP) is 1.08. The second-order valence-corrected chi connectivity index (χ2v) is 9.86. The Morgan fingerprint density at radius 2 is 2.30 bits per heavy atom. The molecular weight excluding hydrogens is 468 g/mol. The number of hydrogen-bond donors (Lipinski definition) is 2. The van der Waals surface area contributed by atoms with Crippen LogP contribution in [0.5, 0.6) is 0 Å². The maximum absolute atomic E-state index is 13.1. The van der Waals surface area contributed by atoms with Gasteiger partial charge >= 0.3 is 5.97 Å². The van der Waals surface area contributed by atoms with Gasteiger partial charge in [-0.2, -0.15) is 11.8 Å². The average Bonchev–Trinajstić information content (AvgIpc) is 3.50. The van der Waals surface area contributed by atoms with E-state index in [2.05, 4.69) is 22.0 Å². The van der Waals surface area contributed by atoms with Crippen molar-refractivity contribution in [1.29, 1.82) is 0 Å². The van der Waals surface area contributed by atoms with Crippen LogP contribution in [0.2, 0.25) is 0 Å². The molecule has 0 aromatic carbocycles. The Bertz CT molecular complexity index is 1030. The lowest BCUT2D eigenvalue weighted by Gasteiger charge is -2.44. The Balaban J connectivity index is 1.57. The second kappa shape index (κ2) is 10.1. The van der Waals surface area contributed by atoms with Crippen LogP contribution in [0.4, 0.5) is 5.13 Å². The number of hydrogen-bond acceptors (Lipinski definition) is 11. The molecule has 1 saturated carbocycles. The molecule has 1 unspecified atom stereocenters. The van der Waals surface area contributed by atoms with E-state index >= 15 is 0 Å². The number of ketones is 1. The van der Waals surface area contributed by atoms with Crippen molar-refractivity contribution >= 4 is 51.6 Å². The largest absolute Gasteiger partial charge is 0.458 e. The van der Waals surface area contributed by atoms with E-state index in [0.29, 0.717) is 28.4 Å². The monoisotopic (exact) mass is 492 g/mol. The summed E-state index contributed by atoms with van der Waals surface area (Å²) in [5.41, 5.74) is 6.40. The van der Waals surface area contributed by atoms with Crippen LogP contribution in [0.1, 0.15) is 17.7 Å². The third-order valence-electron chi connectivity index (χ3n) is 5.66. The minimum Gasteiger partial charge on any atom is -0.458 e. The van der Waals surface area contributed by atoms with Crippen molar-refractivity contribution in [3.05, 3.63) is 34.9 Å². The number of nitrogens with two attached hydrogens (primary N) is 1. The molecule has 4 atom stereocenters. The molecule has 12 heteroatoms. The van der Waals surface area contributed by atoms with Crippen molar-refractivity contribution in [2.24, 2.45) is 11.1 Å². The number of nitrogens with zero attached hydrogens (tertiary/aromatic N) is 2. The zero-order valence-electron chi connectivity index (χ0n) is 17.9. The van der Waals surface area contributed by atoms with E-state index in [0.717, 1.165) is 24.2 Å². The molecule has 1 aromatic heterocycles. The number of aromatic nitrogens is 1. The molecule has 3 heterocycles. The molecule has 1 amide bonds. The molecule has 3 aliphatic rings. The smallest absolute Gasteiger partial charge is 0.335 e. The van der Waals surface area contributed by atoms with E-state index in [1.165, 1.54) is 31.1 Å². The fraction of sp³-hybridized carbons (Fsp3) is 0.476. The summed E-state index contributed by atoms with van der Waals surface area (Å²) < 4.78 is 11.1. The number of carbonyl (C=O) groups excluding carboxylic acids is 3. The van der Waals surface area contributed by atoms with E-state index in [1.54, 1.807) is 0 Å². The molecule has 4 rings (SSSR count). The average molecular weight is 493 g/mol. The Kier molecular flexibility index (Phi) is 7.15. The van der Waals surface area contributed by atoms with Crippen molar-refractivity contribution in [3.8, 4) is 0 Å². The molecule has 1 aliphatic carbocycles. The van der Waals surface area contributed by atoms with Crippen molar-refractivity contribution in [2.45, 2.75) is 30.2 Å². The molecule has 0 radical (unpaired) electrons. The SMILES string of the molecule is C=CCOC(=O)C1=C2C(=O)[C@@H](NC(=O)C(=NOC)c3cnc(N)s3)[C@H]2SCC1[C@@H]1CCCO1. The summed E-state index contributed by atoms with van der Waals surface area (Å²) in [4.78, 5) is 48.1. The van der Waals surface area contributed by atoms with Crippen LogP contribution >= 0.6 is 23.1 Å². The maximum atomic E-state index is 13.1. The predicted molar refractivity (Wildman–Crippen MR) is 124 cm³/mol. The maximum Gasteiger partial charge on any atom is 0.335 e. The molecule has 3 N–H and O–H groups in total. The van der Waals surface area contributed by atoms with Crippen LogP contribution in [-0.4, -0.2) is 71.8 Å². The van der Waals surface area contributed by atoms with E-state index in [4.69, 9.17) is 20.0 Å². The highest BCUT2D eigenvalue weighted by Gasteiger charge is 2.54. The minimum absolute atomic E-state index is 0.0272. The van der Waals surface area contributed by atoms with Crippen LogP contribution < -0.4 is 11.1 Å². The van der Waals surface area contributed by atoms with Crippen molar-refractivity contribution in [1.82, 2.24) is 10.3 Å². The highest BCUT2D eigenvalue weighted by atomic mass is 32.2. The normalized spacial score (nSPS) is 26.9. The van der Waals surface area contributed by atoms with Gasteiger partial charge in [-0.1, -0.05) is 29.1 Å². The topological polar surface area (TPSA) is 142 Å². The highest BCUT2D eigenvalue weighted by Crippen LogP contribution is 2.47. The summed E-state index contributed by atoms with van der Waals surface area (Å²) in [6.07, 6.45) is 4.51. The number of carbonyl (C=O) groups is 3. The summed E-state index contributed by atoms with van der Waals surface area (Å²) in [6, 6.07) is -0.794. The van der Waals surface area contributed by atoms with E-state index in [9.17, 15) is 14.4 Å². The quantitative estimate of drug-likeness (QED) is 0.236. The van der Waals surface area contributed by atoms with Crippen LogP contribution in [0.25, 0.3) is 0 Å². The molecule has 33 heavy (non-hydrogen) atoms. The number of rotatable bonds is 8. The molecule has 176 valence electrons. The third-order valence-corrected chi connectivity index (χ3v) is 7.91. The molecule has 10 nitrogen and oxygen atoms in total. The number of nitrogen functional groups attached to an aromatic ring is 1. The number of anilines is 1. The molecule has 2 aliphatic heterocycles. The highest BCUT2D eigenvalue weighted by molar-refractivity contribution is 8.00. The zero-order chi connectivity index (χ0) is 23.5. The summed E-state index contributed by atoms with van der Waals surface area (Å²) in [5.74, 6) is -1.07. The first-order valence-electron chi connectivity index (χ1n) is 10.4. The van der Waals surface area contributed by atoms with E-state index < -0.39 is 17.9 Å². The van der Waals surface area contributed by atoms with Crippen LogP contribution in [0.15, 0.2) is 35.2 Å². The molecule has 2 fully saturated rings. The molecule has 1 aromatic rings. The first-order chi connectivity index (χ1) is 16.0. The number of amides is 1. The fourth-order valence-corrected chi connectivity index (χ4v) is 6.45. The Morgan fingerprint density at radius 1 is 1.48 bits per heavy atom. The van der Waals surface area contributed by atoms with E-state index in [-0.39, 0.29) is 40.5 Å². The van der Waals surface area contributed by atoms with Gasteiger partial charge in [0.25, 0.3) is 5.91 Å². The summed E-state index contributed by atoms with van der Waals surface area (Å²) >= 11 is 2.61. The van der Waals surface area contributed by atoms with Gasteiger partial charge in [-0.25, -0.2) is 9.78 Å². The van der Waals surface area contributed by atoms with E-state index in [1.807, 2.05) is 0 Å². The molecule has 0 bridgehead atoms. The van der Waals surface area contributed by atoms with Crippen LogP contribution in [0.3, 0.4) is 0 Å². The van der Waals surface area contributed by atoms with Crippen molar-refractivity contribution in [3.63, 3.8) is 0 Å². The number of oxime groups is 1. The summed E-state index contributed by atoms with van der Waals surface area (Å²) in [5, 5.41) is 6.42. The van der Waals surface area contributed by atoms with Gasteiger partial charge in [-0.3, -0.25) is 9.59 Å². The number of esters is 1. The third kappa shape index (κ3) is 4.55. The number of ether oxygens (including phenoxy) is 2. The number of thioether (sulfide) groups is 1. The zero-order valence-corrected chi connectivity index (χ0v) is 19.6. The first kappa shape index (κ1) is 23.5.